The van der Waals surface area contributed by atoms with Crippen LogP contribution in [-0.4, -0.2) is 6.29 Å². The van der Waals surface area contributed by atoms with E-state index in [1.54, 1.807) is 0 Å². The van der Waals surface area contributed by atoms with E-state index >= 15 is 0 Å². The van der Waals surface area contributed by atoms with Crippen LogP contribution in [0.15, 0.2) is 11.8 Å². The van der Waals surface area contributed by atoms with Gasteiger partial charge in [0.1, 0.15) is 6.29 Å². The largest absolute Gasteiger partial charge is 0.403 e. The molecule has 0 radical (unpaired) electrons. The minimum Gasteiger partial charge on any atom is -0.403 e. The molecule has 0 unspecified atom stereocenters. The highest BCUT2D eigenvalue weighted by Gasteiger charge is 1.78. The zero-order valence-electron chi connectivity index (χ0n) is 5.05. The fraction of sp³-hybridized carbons (Fsp3) is 0.500. The van der Waals surface area contributed by atoms with E-state index in [0.717, 1.165) is 18.4 Å². The molecule has 0 aliphatic carbocycles. The zero-order valence-corrected chi connectivity index (χ0v) is 5.05. The molecule has 0 heterocycles. The van der Waals surface area contributed by atoms with Gasteiger partial charge in [-0.15, -0.1) is 0 Å². The quantitative estimate of drug-likeness (QED) is 0.435. The van der Waals surface area contributed by atoms with E-state index in [-0.39, 0.29) is 0 Å². The average molecular weight is 113 g/mol. The second-order valence-corrected chi connectivity index (χ2v) is 1.69. The Morgan fingerprint density at radius 3 is 2.62 bits per heavy atom. The summed E-state index contributed by atoms with van der Waals surface area (Å²) in [6.45, 7) is 1.81. The molecule has 0 saturated heterocycles. The summed E-state index contributed by atoms with van der Waals surface area (Å²) in [6, 6.07) is 0. The predicted octanol–water partition coefficient (Wildman–Crippen LogP) is 0.828. The second kappa shape index (κ2) is 4.37. The molecule has 0 aliphatic heterocycles. The third-order valence-electron chi connectivity index (χ3n) is 0.751. The van der Waals surface area contributed by atoms with Crippen molar-refractivity contribution < 1.29 is 4.79 Å². The maximum atomic E-state index is 9.72. The first kappa shape index (κ1) is 7.21. The summed E-state index contributed by atoms with van der Waals surface area (Å²) in [5.74, 6) is 0. The van der Waals surface area contributed by atoms with Crippen molar-refractivity contribution in [1.29, 1.82) is 0 Å². The Morgan fingerprint density at radius 2 is 2.25 bits per heavy atom. The number of unbranched alkanes of at least 4 members (excludes halogenated alkanes) is 1. The van der Waals surface area contributed by atoms with Crippen LogP contribution in [0.2, 0.25) is 0 Å². The van der Waals surface area contributed by atoms with E-state index in [9.17, 15) is 4.79 Å². The lowest BCUT2D eigenvalue weighted by Crippen LogP contribution is -1.89. The van der Waals surface area contributed by atoms with Gasteiger partial charge in [0, 0.05) is 12.1 Å². The van der Waals surface area contributed by atoms with Gasteiger partial charge in [0.25, 0.3) is 0 Å². The number of carbonyl (C=O) groups is 1. The van der Waals surface area contributed by atoms with Gasteiger partial charge in [0.2, 0.25) is 0 Å². The first-order chi connectivity index (χ1) is 3.77. The summed E-state index contributed by atoms with van der Waals surface area (Å²) in [7, 11) is 0. The van der Waals surface area contributed by atoms with Crippen molar-refractivity contribution in [2.24, 2.45) is 5.73 Å². The van der Waals surface area contributed by atoms with E-state index in [1.165, 1.54) is 0 Å². The predicted molar refractivity (Wildman–Crippen MR) is 33.2 cm³/mol. The summed E-state index contributed by atoms with van der Waals surface area (Å²) in [6.07, 6.45) is 4.08. The number of hydrogen-bond acceptors (Lipinski definition) is 2. The smallest absolute Gasteiger partial charge is 0.120 e. The van der Waals surface area contributed by atoms with Gasteiger partial charge in [-0.25, -0.2) is 0 Å². The SMILES string of the molecule is CC(N)=CCCC=O. The van der Waals surface area contributed by atoms with E-state index in [2.05, 4.69) is 0 Å². The van der Waals surface area contributed by atoms with E-state index in [4.69, 9.17) is 5.73 Å². The van der Waals surface area contributed by atoms with Gasteiger partial charge in [-0.05, 0) is 13.3 Å². The molecule has 2 nitrogen and oxygen atoms in total. The van der Waals surface area contributed by atoms with E-state index in [0.29, 0.717) is 6.42 Å². The molecule has 0 aromatic rings. The van der Waals surface area contributed by atoms with Crippen molar-refractivity contribution in [2.75, 3.05) is 0 Å². The summed E-state index contributed by atoms with van der Waals surface area (Å²) >= 11 is 0. The molecule has 8 heavy (non-hydrogen) atoms. The molecule has 0 bridgehead atoms. The molecule has 46 valence electrons. The van der Waals surface area contributed by atoms with Gasteiger partial charge >= 0.3 is 0 Å². The van der Waals surface area contributed by atoms with Crippen molar-refractivity contribution in [1.82, 2.24) is 0 Å². The second-order valence-electron chi connectivity index (χ2n) is 1.69. The van der Waals surface area contributed by atoms with Gasteiger partial charge in [0.15, 0.2) is 0 Å². The third kappa shape index (κ3) is 5.21. The Labute approximate surface area is 49.4 Å². The van der Waals surface area contributed by atoms with Crippen LogP contribution >= 0.6 is 0 Å². The fourth-order valence-electron chi connectivity index (χ4n) is 0.379. The van der Waals surface area contributed by atoms with Gasteiger partial charge in [0.05, 0.1) is 0 Å². The normalized spacial score (nSPS) is 11.4. The molecule has 0 atom stereocenters. The molecule has 0 aliphatic rings. The summed E-state index contributed by atoms with van der Waals surface area (Å²) in [5.41, 5.74) is 6.06. The highest BCUT2D eigenvalue weighted by molar-refractivity contribution is 5.49. The van der Waals surface area contributed by atoms with E-state index < -0.39 is 0 Å². The third-order valence-corrected chi connectivity index (χ3v) is 0.751. The van der Waals surface area contributed by atoms with Crippen LogP contribution in [0.25, 0.3) is 0 Å². The van der Waals surface area contributed by atoms with Crippen LogP contribution in [0.4, 0.5) is 0 Å². The Bertz CT molecular complexity index is 92.7. The highest BCUT2D eigenvalue weighted by Crippen LogP contribution is 1.88. The summed E-state index contributed by atoms with van der Waals surface area (Å²) < 4.78 is 0. The van der Waals surface area contributed by atoms with Crippen molar-refractivity contribution in [3.63, 3.8) is 0 Å². The number of carbonyl (C=O) groups excluding carboxylic acids is 1. The number of rotatable bonds is 3. The zero-order chi connectivity index (χ0) is 6.41. The van der Waals surface area contributed by atoms with Crippen molar-refractivity contribution >= 4 is 6.29 Å². The standard InChI is InChI=1S/C6H11NO/c1-6(7)4-2-3-5-8/h4-5H,2-3,7H2,1H3. The summed E-state index contributed by atoms with van der Waals surface area (Å²) in [4.78, 5) is 9.72. The average Bonchev–Trinajstić information content (AvgIpc) is 1.66. The minimum absolute atomic E-state index is 0.578. The van der Waals surface area contributed by atoms with Crippen LogP contribution in [0.3, 0.4) is 0 Å². The lowest BCUT2D eigenvalue weighted by molar-refractivity contribution is -0.107. The van der Waals surface area contributed by atoms with Gasteiger partial charge < -0.3 is 10.5 Å². The number of hydrogen-bond donors (Lipinski definition) is 1. The molecule has 0 aromatic carbocycles. The van der Waals surface area contributed by atoms with Crippen LogP contribution in [0.1, 0.15) is 19.8 Å². The maximum Gasteiger partial charge on any atom is 0.120 e. The topological polar surface area (TPSA) is 43.1 Å². The van der Waals surface area contributed by atoms with Crippen LogP contribution in [0.5, 0.6) is 0 Å². The molecule has 0 spiro atoms. The summed E-state index contributed by atoms with van der Waals surface area (Å²) in [5, 5.41) is 0. The highest BCUT2D eigenvalue weighted by atomic mass is 16.1. The van der Waals surface area contributed by atoms with Gasteiger partial charge in [-0.1, -0.05) is 6.08 Å². The minimum atomic E-state index is 0.578. The number of nitrogens with two attached hydrogens (primary N) is 1. The van der Waals surface area contributed by atoms with Gasteiger partial charge in [-0.3, -0.25) is 0 Å². The van der Waals surface area contributed by atoms with Crippen molar-refractivity contribution in [3.8, 4) is 0 Å². The molecule has 2 heteroatoms. The Balaban J connectivity index is 3.15. The molecule has 0 amide bonds. The van der Waals surface area contributed by atoms with Crippen molar-refractivity contribution in [3.05, 3.63) is 11.8 Å². The van der Waals surface area contributed by atoms with Crippen molar-refractivity contribution in [2.45, 2.75) is 19.8 Å². The van der Waals surface area contributed by atoms with Gasteiger partial charge in [-0.2, -0.15) is 0 Å². The number of aldehydes is 1. The molecule has 0 aromatic heterocycles. The molecule has 0 fully saturated rings. The molecule has 2 N–H and O–H groups in total. The number of allylic oxidation sites excluding steroid dienone is 2. The first-order valence-electron chi connectivity index (χ1n) is 2.63. The Kier molecular flexibility index (Phi) is 3.94. The Morgan fingerprint density at radius 1 is 1.62 bits per heavy atom. The molecular formula is C6H11NO. The van der Waals surface area contributed by atoms with Crippen LogP contribution < -0.4 is 5.73 Å². The van der Waals surface area contributed by atoms with Crippen LogP contribution in [0, 0.1) is 0 Å². The Hall–Kier alpha value is -0.790. The lowest BCUT2D eigenvalue weighted by Gasteiger charge is -1.85. The monoisotopic (exact) mass is 113 g/mol. The van der Waals surface area contributed by atoms with Crippen LogP contribution in [-0.2, 0) is 4.79 Å². The molecular weight excluding hydrogens is 102 g/mol. The van der Waals surface area contributed by atoms with E-state index in [1.807, 2.05) is 13.0 Å². The first-order valence-corrected chi connectivity index (χ1v) is 2.63. The fourth-order valence-corrected chi connectivity index (χ4v) is 0.379. The lowest BCUT2D eigenvalue weighted by atomic mass is 10.3. The maximum absolute atomic E-state index is 9.72. The molecule has 0 rings (SSSR count). The molecule has 0 saturated carbocycles.